The molecule has 1 saturated carbocycles. The molecule has 0 bridgehead atoms. The molecule has 1 saturated heterocycles. The molecule has 2 aliphatic rings. The van der Waals surface area contributed by atoms with E-state index in [2.05, 4.69) is 49.2 Å². The Morgan fingerprint density at radius 3 is 2.70 bits per heavy atom. The van der Waals surface area contributed by atoms with E-state index in [1.807, 2.05) is 4.90 Å². The van der Waals surface area contributed by atoms with Crippen LogP contribution in [-0.4, -0.2) is 48.4 Å². The van der Waals surface area contributed by atoms with Gasteiger partial charge in [-0.1, -0.05) is 37.3 Å². The zero-order valence-corrected chi connectivity index (χ0v) is 14.8. The lowest BCUT2D eigenvalue weighted by molar-refractivity contribution is -0.127. The third-order valence-electron chi connectivity index (χ3n) is 6.09. The second-order valence-corrected chi connectivity index (χ2v) is 7.88. The van der Waals surface area contributed by atoms with Crippen LogP contribution in [0.25, 0.3) is 0 Å². The van der Waals surface area contributed by atoms with Crippen LogP contribution in [0.3, 0.4) is 0 Å². The van der Waals surface area contributed by atoms with Crippen LogP contribution in [0.15, 0.2) is 30.3 Å². The molecule has 3 heteroatoms. The molecule has 2 fully saturated rings. The number of carbonyl (C=O) groups is 1. The van der Waals surface area contributed by atoms with Crippen LogP contribution in [0.5, 0.6) is 0 Å². The maximum absolute atomic E-state index is 11.5. The molecule has 0 radical (unpaired) electrons. The lowest BCUT2D eigenvalue weighted by Crippen LogP contribution is -2.36. The Morgan fingerprint density at radius 2 is 2.04 bits per heavy atom. The number of rotatable bonds is 4. The van der Waals surface area contributed by atoms with E-state index in [1.54, 1.807) is 6.92 Å². The summed E-state index contributed by atoms with van der Waals surface area (Å²) in [4.78, 5) is 16.0. The zero-order chi connectivity index (χ0) is 16.4. The van der Waals surface area contributed by atoms with Crippen LogP contribution >= 0.6 is 0 Å². The van der Waals surface area contributed by atoms with Crippen LogP contribution in [0.4, 0.5) is 0 Å². The van der Waals surface area contributed by atoms with Gasteiger partial charge in [0.05, 0.1) is 0 Å². The van der Waals surface area contributed by atoms with Gasteiger partial charge in [-0.3, -0.25) is 4.79 Å². The summed E-state index contributed by atoms with van der Waals surface area (Å²) in [5.41, 5.74) is 1.81. The maximum atomic E-state index is 11.5. The fourth-order valence-corrected chi connectivity index (χ4v) is 4.51. The van der Waals surface area contributed by atoms with E-state index in [0.29, 0.717) is 17.4 Å². The van der Waals surface area contributed by atoms with Gasteiger partial charge in [0.15, 0.2) is 0 Å². The summed E-state index contributed by atoms with van der Waals surface area (Å²) in [6.45, 7) is 7.12. The van der Waals surface area contributed by atoms with Crippen molar-refractivity contribution in [3.05, 3.63) is 35.9 Å². The van der Waals surface area contributed by atoms with E-state index in [1.165, 1.54) is 24.8 Å². The first kappa shape index (κ1) is 16.5. The number of benzene rings is 1. The Morgan fingerprint density at radius 1 is 1.30 bits per heavy atom. The molecule has 23 heavy (non-hydrogen) atoms. The number of carbonyl (C=O) groups excluding carboxylic acids is 1. The van der Waals surface area contributed by atoms with Crippen LogP contribution in [0, 0.1) is 5.92 Å². The molecule has 0 aromatic heterocycles. The van der Waals surface area contributed by atoms with Gasteiger partial charge in [-0.25, -0.2) is 0 Å². The monoisotopic (exact) mass is 314 g/mol. The summed E-state index contributed by atoms with van der Waals surface area (Å²) in [5.74, 6) is 0.875. The largest absolute Gasteiger partial charge is 0.343 e. The van der Waals surface area contributed by atoms with E-state index in [9.17, 15) is 4.79 Å². The normalized spacial score (nSPS) is 31.0. The maximum Gasteiger partial charge on any atom is 0.219 e. The Kier molecular flexibility index (Phi) is 4.77. The van der Waals surface area contributed by atoms with Crippen LogP contribution in [-0.2, 0) is 10.2 Å². The van der Waals surface area contributed by atoms with Gasteiger partial charge in [-0.15, -0.1) is 0 Å². The molecule has 3 atom stereocenters. The first-order valence-electron chi connectivity index (χ1n) is 8.99. The molecular formula is C20H30N2O. The SMILES string of the molecule is CC(=O)N1CC[C@H](CN(C)[C@H]2CC[C@](C)(c3ccccc3)C2)C1. The number of hydrogen-bond donors (Lipinski definition) is 0. The number of nitrogens with zero attached hydrogens (tertiary/aromatic N) is 2. The van der Waals surface area contributed by atoms with Gasteiger partial charge < -0.3 is 9.80 Å². The van der Waals surface area contributed by atoms with Gasteiger partial charge >= 0.3 is 0 Å². The highest BCUT2D eigenvalue weighted by molar-refractivity contribution is 5.73. The highest BCUT2D eigenvalue weighted by Crippen LogP contribution is 2.42. The van der Waals surface area contributed by atoms with Crippen molar-refractivity contribution >= 4 is 5.91 Å². The average Bonchev–Trinajstić information content (AvgIpc) is 3.16. The Balaban J connectivity index is 1.56. The van der Waals surface area contributed by atoms with Crippen LogP contribution in [0.1, 0.15) is 45.1 Å². The molecule has 1 aromatic carbocycles. The minimum atomic E-state index is 0.229. The zero-order valence-electron chi connectivity index (χ0n) is 14.8. The first-order valence-corrected chi connectivity index (χ1v) is 8.99. The lowest BCUT2D eigenvalue weighted by atomic mass is 9.81. The van der Waals surface area contributed by atoms with Gasteiger partial charge in [-0.2, -0.15) is 0 Å². The molecule has 0 N–H and O–H groups in total. The van der Waals surface area contributed by atoms with Crippen molar-refractivity contribution < 1.29 is 4.79 Å². The standard InChI is InChI=1S/C20H30N2O/c1-16(23)22-12-10-17(15-22)14-21(3)19-9-11-20(2,13-19)18-7-5-4-6-8-18/h4-8,17,19H,9-15H2,1-3H3/t17-,19+,20+/m1/s1. The number of amides is 1. The van der Waals surface area contributed by atoms with E-state index in [0.717, 1.165) is 26.1 Å². The van der Waals surface area contributed by atoms with Crippen molar-refractivity contribution in [3.8, 4) is 0 Å². The molecule has 3 nitrogen and oxygen atoms in total. The smallest absolute Gasteiger partial charge is 0.219 e. The van der Waals surface area contributed by atoms with Crippen LogP contribution < -0.4 is 0 Å². The summed E-state index contributed by atoms with van der Waals surface area (Å²) >= 11 is 0. The second-order valence-electron chi connectivity index (χ2n) is 7.88. The Hall–Kier alpha value is -1.35. The topological polar surface area (TPSA) is 23.6 Å². The second kappa shape index (κ2) is 6.64. The number of likely N-dealkylation sites (tertiary alicyclic amines) is 1. The summed E-state index contributed by atoms with van der Waals surface area (Å²) in [5, 5.41) is 0. The molecule has 1 aliphatic heterocycles. The molecule has 1 aliphatic carbocycles. The predicted molar refractivity (Wildman–Crippen MR) is 94.4 cm³/mol. The van der Waals surface area contributed by atoms with Crippen molar-refractivity contribution in [2.45, 2.75) is 51.0 Å². The van der Waals surface area contributed by atoms with Gasteiger partial charge in [0.25, 0.3) is 0 Å². The highest BCUT2D eigenvalue weighted by Gasteiger charge is 2.38. The Labute approximate surface area is 140 Å². The van der Waals surface area contributed by atoms with Crippen LogP contribution in [0.2, 0.25) is 0 Å². The molecule has 1 aromatic rings. The van der Waals surface area contributed by atoms with Gasteiger partial charge in [-0.05, 0) is 49.6 Å². The third kappa shape index (κ3) is 3.60. The number of hydrogen-bond acceptors (Lipinski definition) is 2. The predicted octanol–water partition coefficient (Wildman–Crippen LogP) is 3.30. The fraction of sp³-hybridized carbons (Fsp3) is 0.650. The fourth-order valence-electron chi connectivity index (χ4n) is 4.51. The molecule has 1 heterocycles. The van der Waals surface area contributed by atoms with E-state index in [-0.39, 0.29) is 5.91 Å². The average molecular weight is 314 g/mol. The van der Waals surface area contributed by atoms with E-state index < -0.39 is 0 Å². The third-order valence-corrected chi connectivity index (χ3v) is 6.09. The minimum Gasteiger partial charge on any atom is -0.343 e. The van der Waals surface area contributed by atoms with Crippen molar-refractivity contribution in [1.29, 1.82) is 0 Å². The van der Waals surface area contributed by atoms with Gasteiger partial charge in [0.2, 0.25) is 5.91 Å². The van der Waals surface area contributed by atoms with Gasteiger partial charge in [0.1, 0.15) is 0 Å². The van der Waals surface area contributed by atoms with Gasteiger partial charge in [0, 0.05) is 32.6 Å². The van der Waals surface area contributed by atoms with E-state index >= 15 is 0 Å². The quantitative estimate of drug-likeness (QED) is 0.851. The Bertz CT molecular complexity index is 544. The van der Waals surface area contributed by atoms with Crippen molar-refractivity contribution in [3.63, 3.8) is 0 Å². The molecule has 3 rings (SSSR count). The van der Waals surface area contributed by atoms with E-state index in [4.69, 9.17) is 0 Å². The summed E-state index contributed by atoms with van der Waals surface area (Å²) in [7, 11) is 2.28. The molecule has 1 amide bonds. The first-order chi connectivity index (χ1) is 11.0. The molecule has 0 spiro atoms. The summed E-state index contributed by atoms with van der Waals surface area (Å²) in [6, 6.07) is 11.7. The lowest BCUT2D eigenvalue weighted by Gasteiger charge is -2.30. The van der Waals surface area contributed by atoms with Crippen molar-refractivity contribution in [2.75, 3.05) is 26.7 Å². The highest BCUT2D eigenvalue weighted by atomic mass is 16.2. The summed E-state index contributed by atoms with van der Waals surface area (Å²) in [6.07, 6.45) is 4.96. The summed E-state index contributed by atoms with van der Waals surface area (Å²) < 4.78 is 0. The van der Waals surface area contributed by atoms with Crippen molar-refractivity contribution in [1.82, 2.24) is 9.80 Å². The van der Waals surface area contributed by atoms with Crippen molar-refractivity contribution in [2.24, 2.45) is 5.92 Å². The molecular weight excluding hydrogens is 284 g/mol. The molecule has 126 valence electrons. The molecule has 0 unspecified atom stereocenters. The minimum absolute atomic E-state index is 0.229.